The van der Waals surface area contributed by atoms with Gasteiger partial charge >= 0.3 is 0 Å². The number of methoxy groups -OCH3 is 1. The molecule has 0 spiro atoms. The van der Waals surface area contributed by atoms with Gasteiger partial charge in [0, 0.05) is 25.1 Å². The number of aliphatic hydroxyl groups excluding tert-OH is 1. The first-order chi connectivity index (χ1) is 9.81. The Kier molecular flexibility index (Phi) is 4.12. The summed E-state index contributed by atoms with van der Waals surface area (Å²) in [7, 11) is 1.76. The monoisotopic (exact) mass is 290 g/mol. The van der Waals surface area contributed by atoms with Gasteiger partial charge in [-0.25, -0.2) is 4.98 Å². The molecule has 0 unspecified atom stereocenters. The predicted molar refractivity (Wildman–Crippen MR) is 78.6 cm³/mol. The third kappa shape index (κ3) is 2.62. The van der Waals surface area contributed by atoms with Crippen LogP contribution in [0, 0.1) is 0 Å². The third-order valence-electron chi connectivity index (χ3n) is 3.70. The van der Waals surface area contributed by atoms with Crippen molar-refractivity contribution >= 4 is 11.3 Å². The normalized spacial score (nSPS) is 21.1. The van der Waals surface area contributed by atoms with Crippen molar-refractivity contribution < 1.29 is 9.84 Å². The second-order valence-electron chi connectivity index (χ2n) is 4.94. The lowest BCUT2D eigenvalue weighted by Gasteiger charge is -2.19. The lowest BCUT2D eigenvalue weighted by atomic mass is 10.1. The lowest BCUT2D eigenvalue weighted by molar-refractivity contribution is 0.0777. The molecule has 0 fully saturated rings. The summed E-state index contributed by atoms with van der Waals surface area (Å²) >= 11 is 1.58. The molecular weight excluding hydrogens is 272 g/mol. The van der Waals surface area contributed by atoms with E-state index in [4.69, 9.17) is 9.84 Å². The van der Waals surface area contributed by atoms with Crippen LogP contribution >= 0.6 is 11.3 Å². The second kappa shape index (κ2) is 6.01. The summed E-state index contributed by atoms with van der Waals surface area (Å²) in [6, 6.07) is 8.71. The van der Waals surface area contributed by atoms with Gasteiger partial charge in [-0.05, 0) is 17.5 Å². The number of aromatic nitrogens is 1. The van der Waals surface area contributed by atoms with Crippen molar-refractivity contribution in [1.82, 2.24) is 10.3 Å². The Morgan fingerprint density at radius 3 is 3.05 bits per heavy atom. The SMILES string of the molecule is CO[C@H]1c2ccccc2C[C@H]1NCc1nc(CO)cs1. The van der Waals surface area contributed by atoms with Gasteiger partial charge in [0.05, 0.1) is 18.4 Å². The number of fused-ring (bicyclic) bond motifs is 1. The summed E-state index contributed by atoms with van der Waals surface area (Å²) in [6.07, 6.45) is 1.08. The van der Waals surface area contributed by atoms with E-state index >= 15 is 0 Å². The van der Waals surface area contributed by atoms with Crippen molar-refractivity contribution in [3.05, 3.63) is 51.5 Å². The minimum Gasteiger partial charge on any atom is -0.390 e. The van der Waals surface area contributed by atoms with Gasteiger partial charge in [-0.15, -0.1) is 11.3 Å². The van der Waals surface area contributed by atoms with Crippen LogP contribution in [0.25, 0.3) is 0 Å². The fourth-order valence-corrected chi connectivity index (χ4v) is 3.49. The van der Waals surface area contributed by atoms with Gasteiger partial charge in [0.25, 0.3) is 0 Å². The molecule has 0 saturated heterocycles. The Hall–Kier alpha value is -1.27. The van der Waals surface area contributed by atoms with Gasteiger partial charge < -0.3 is 15.2 Å². The molecule has 1 aromatic carbocycles. The number of hydrogen-bond acceptors (Lipinski definition) is 5. The lowest BCUT2D eigenvalue weighted by Crippen LogP contribution is -2.33. The summed E-state index contributed by atoms with van der Waals surface area (Å²) < 4.78 is 5.65. The number of nitrogens with one attached hydrogen (secondary N) is 1. The molecule has 2 atom stereocenters. The zero-order valence-electron chi connectivity index (χ0n) is 11.4. The summed E-state index contributed by atoms with van der Waals surface area (Å²) in [6.45, 7) is 0.718. The number of ether oxygens (including phenoxy) is 1. The molecule has 106 valence electrons. The van der Waals surface area contributed by atoms with Crippen molar-refractivity contribution in [3.8, 4) is 0 Å². The van der Waals surface area contributed by atoms with Crippen molar-refractivity contribution in [2.45, 2.75) is 31.7 Å². The number of nitrogens with zero attached hydrogens (tertiary/aromatic N) is 1. The minimum absolute atomic E-state index is 0.00602. The van der Waals surface area contributed by atoms with E-state index in [0.717, 1.165) is 17.1 Å². The quantitative estimate of drug-likeness (QED) is 0.885. The van der Waals surface area contributed by atoms with E-state index in [0.29, 0.717) is 6.54 Å². The molecule has 5 heteroatoms. The molecule has 0 radical (unpaired) electrons. The highest BCUT2D eigenvalue weighted by atomic mass is 32.1. The Balaban J connectivity index is 1.66. The Morgan fingerprint density at radius 2 is 2.30 bits per heavy atom. The average molecular weight is 290 g/mol. The van der Waals surface area contributed by atoms with E-state index in [9.17, 15) is 0 Å². The van der Waals surface area contributed by atoms with Crippen LogP contribution in [0.5, 0.6) is 0 Å². The van der Waals surface area contributed by atoms with Gasteiger partial charge in [-0.1, -0.05) is 24.3 Å². The third-order valence-corrected chi connectivity index (χ3v) is 4.60. The van der Waals surface area contributed by atoms with Crippen LogP contribution < -0.4 is 5.32 Å². The predicted octanol–water partition coefficient (Wildman–Crippen LogP) is 2.04. The number of benzene rings is 1. The molecule has 0 saturated carbocycles. The van der Waals surface area contributed by atoms with Crippen molar-refractivity contribution in [2.24, 2.45) is 0 Å². The molecule has 2 N–H and O–H groups in total. The maximum Gasteiger partial charge on any atom is 0.107 e. The van der Waals surface area contributed by atoms with Gasteiger partial charge in [0.1, 0.15) is 5.01 Å². The fourth-order valence-electron chi connectivity index (χ4n) is 2.75. The molecule has 1 aliphatic carbocycles. The summed E-state index contributed by atoms with van der Waals surface area (Å²) in [5.74, 6) is 0. The van der Waals surface area contributed by atoms with Crippen LogP contribution in [0.15, 0.2) is 29.6 Å². The molecular formula is C15H18N2O2S. The van der Waals surface area contributed by atoms with Crippen LogP contribution in [0.2, 0.25) is 0 Å². The fraction of sp³-hybridized carbons (Fsp3) is 0.400. The number of aliphatic hydroxyl groups is 1. The van der Waals surface area contributed by atoms with E-state index < -0.39 is 0 Å². The van der Waals surface area contributed by atoms with E-state index in [1.54, 1.807) is 18.4 Å². The topological polar surface area (TPSA) is 54.4 Å². The Labute approximate surface area is 122 Å². The zero-order valence-corrected chi connectivity index (χ0v) is 12.2. The molecule has 4 nitrogen and oxygen atoms in total. The van der Waals surface area contributed by atoms with Gasteiger partial charge in [-0.2, -0.15) is 0 Å². The maximum atomic E-state index is 9.03. The van der Waals surface area contributed by atoms with E-state index in [2.05, 4.69) is 34.6 Å². The molecule has 1 heterocycles. The summed E-state index contributed by atoms with van der Waals surface area (Å²) in [5.41, 5.74) is 3.37. The highest BCUT2D eigenvalue weighted by molar-refractivity contribution is 7.09. The van der Waals surface area contributed by atoms with Crippen LogP contribution in [0.3, 0.4) is 0 Å². The molecule has 0 aliphatic heterocycles. The van der Waals surface area contributed by atoms with Crippen molar-refractivity contribution in [1.29, 1.82) is 0 Å². The summed E-state index contributed by atoms with van der Waals surface area (Å²) in [4.78, 5) is 4.35. The van der Waals surface area contributed by atoms with Crippen LogP contribution in [0.1, 0.15) is 27.9 Å². The zero-order chi connectivity index (χ0) is 13.9. The molecule has 1 aliphatic rings. The Bertz CT molecular complexity index is 585. The number of rotatable bonds is 5. The number of thiazole rings is 1. The largest absolute Gasteiger partial charge is 0.390 e. The first-order valence-corrected chi connectivity index (χ1v) is 7.58. The first kappa shape index (κ1) is 13.7. The van der Waals surface area contributed by atoms with Crippen molar-refractivity contribution in [3.63, 3.8) is 0 Å². The maximum absolute atomic E-state index is 9.03. The molecule has 3 rings (SSSR count). The molecule has 2 aromatic rings. The highest BCUT2D eigenvalue weighted by Gasteiger charge is 2.31. The van der Waals surface area contributed by atoms with Crippen LogP contribution in [0.4, 0.5) is 0 Å². The van der Waals surface area contributed by atoms with E-state index in [1.807, 2.05) is 5.38 Å². The smallest absolute Gasteiger partial charge is 0.107 e. The average Bonchev–Trinajstić information content (AvgIpc) is 3.08. The standard InChI is InChI=1S/C15H18N2O2S/c1-19-15-12-5-3-2-4-10(12)6-13(15)16-7-14-17-11(8-18)9-20-14/h2-5,9,13,15-16,18H,6-8H2,1H3/t13-,15+/m1/s1. The van der Waals surface area contributed by atoms with Crippen LogP contribution in [-0.4, -0.2) is 23.2 Å². The molecule has 20 heavy (non-hydrogen) atoms. The van der Waals surface area contributed by atoms with Gasteiger partial charge in [-0.3, -0.25) is 0 Å². The van der Waals surface area contributed by atoms with Crippen LogP contribution in [-0.2, 0) is 24.3 Å². The first-order valence-electron chi connectivity index (χ1n) is 6.70. The summed E-state index contributed by atoms with van der Waals surface area (Å²) in [5, 5.41) is 15.5. The number of hydrogen-bond donors (Lipinski definition) is 2. The molecule has 0 amide bonds. The van der Waals surface area contributed by atoms with Gasteiger partial charge in [0.15, 0.2) is 0 Å². The van der Waals surface area contributed by atoms with E-state index in [1.165, 1.54) is 11.1 Å². The van der Waals surface area contributed by atoms with Crippen molar-refractivity contribution in [2.75, 3.05) is 7.11 Å². The van der Waals surface area contributed by atoms with E-state index in [-0.39, 0.29) is 18.8 Å². The van der Waals surface area contributed by atoms with Gasteiger partial charge in [0.2, 0.25) is 0 Å². The minimum atomic E-state index is 0.00602. The molecule has 0 bridgehead atoms. The highest BCUT2D eigenvalue weighted by Crippen LogP contribution is 2.33. The second-order valence-corrected chi connectivity index (χ2v) is 5.88. The molecule has 1 aromatic heterocycles. The Morgan fingerprint density at radius 1 is 1.45 bits per heavy atom.